The number of imidazole rings is 1. The number of benzene rings is 1. The average molecular weight is 568 g/mol. The molecule has 2 N–H and O–H groups in total. The number of aromatic nitrogens is 4. The summed E-state index contributed by atoms with van der Waals surface area (Å²) in [6.45, 7) is 3.56. The summed E-state index contributed by atoms with van der Waals surface area (Å²) in [5.74, 6) is -1.93. The van der Waals surface area contributed by atoms with E-state index in [4.69, 9.17) is 0 Å². The van der Waals surface area contributed by atoms with E-state index in [1.807, 2.05) is 41.8 Å². The topological polar surface area (TPSA) is 79.1 Å². The molecule has 33 heavy (non-hydrogen) atoms. The maximum atomic E-state index is 13.8. The lowest BCUT2D eigenvalue weighted by Gasteiger charge is -2.26. The van der Waals surface area contributed by atoms with Crippen molar-refractivity contribution in [3.05, 3.63) is 48.5 Å². The quantitative estimate of drug-likeness (QED) is 0.247. The second-order valence-electron chi connectivity index (χ2n) is 8.44. The molecule has 1 aliphatic rings. The lowest BCUT2D eigenvalue weighted by molar-refractivity contribution is -0.00699. The van der Waals surface area contributed by atoms with Crippen LogP contribution in [0.5, 0.6) is 5.75 Å². The Hall–Kier alpha value is -2.34. The van der Waals surface area contributed by atoms with Gasteiger partial charge in [0.15, 0.2) is 5.82 Å². The molecule has 10 heteroatoms. The van der Waals surface area contributed by atoms with Crippen LogP contribution in [0.1, 0.15) is 32.4 Å². The van der Waals surface area contributed by atoms with Crippen molar-refractivity contribution in [1.82, 2.24) is 25.1 Å². The van der Waals surface area contributed by atoms with Gasteiger partial charge in [-0.05, 0) is 44.0 Å². The molecule has 3 aromatic rings. The van der Waals surface area contributed by atoms with Crippen molar-refractivity contribution in [3.63, 3.8) is 0 Å². The van der Waals surface area contributed by atoms with Crippen molar-refractivity contribution in [2.24, 2.45) is 0 Å². The SMILES string of the molecule is CCc1cn(-c2ccc(-c3ccc(N(C)[C@H](I)CC4CC(F)(F)C(C)N4)nn3)c(O)c2)cn1. The van der Waals surface area contributed by atoms with Crippen molar-refractivity contribution in [1.29, 1.82) is 0 Å². The largest absolute Gasteiger partial charge is 0.507 e. The van der Waals surface area contributed by atoms with Crippen LogP contribution in [0.25, 0.3) is 16.9 Å². The molecule has 2 unspecified atom stereocenters. The standard InChI is InChI=1S/C23H27F2IN6O/c1-4-15-12-32(13-27-15)17-5-6-18(20(33)10-17)19-7-8-22(30-29-19)31(3)21(26)9-16-11-23(24,25)14(2)28-16/h5-8,10,12-14,16,21,28,33H,4,9,11H2,1-3H3/t14?,16?,21-/m0/s1. The van der Waals surface area contributed by atoms with E-state index in [-0.39, 0.29) is 22.3 Å². The van der Waals surface area contributed by atoms with E-state index in [9.17, 15) is 13.9 Å². The maximum Gasteiger partial charge on any atom is 0.264 e. The molecule has 0 amide bonds. The first-order valence-electron chi connectivity index (χ1n) is 10.9. The van der Waals surface area contributed by atoms with E-state index in [0.29, 0.717) is 23.5 Å². The Labute approximate surface area is 205 Å². The molecule has 0 spiro atoms. The number of phenols is 1. The Morgan fingerprint density at radius 1 is 1.30 bits per heavy atom. The monoisotopic (exact) mass is 568 g/mol. The fraction of sp³-hybridized carbons (Fsp3) is 0.435. The molecule has 2 aromatic heterocycles. The second kappa shape index (κ2) is 9.49. The molecule has 0 aliphatic carbocycles. The zero-order valence-corrected chi connectivity index (χ0v) is 20.9. The summed E-state index contributed by atoms with van der Waals surface area (Å²) < 4.78 is 29.5. The Kier molecular flexibility index (Phi) is 6.85. The number of halogens is 3. The molecule has 1 fully saturated rings. The minimum Gasteiger partial charge on any atom is -0.507 e. The van der Waals surface area contributed by atoms with Crippen LogP contribution in [-0.4, -0.2) is 54.0 Å². The molecule has 3 heterocycles. The zero-order chi connectivity index (χ0) is 23.8. The first-order chi connectivity index (χ1) is 15.7. The van der Waals surface area contributed by atoms with Crippen LogP contribution < -0.4 is 10.2 Å². The van der Waals surface area contributed by atoms with Gasteiger partial charge in [-0.2, -0.15) is 0 Å². The van der Waals surface area contributed by atoms with Crippen LogP contribution in [0.15, 0.2) is 42.9 Å². The fourth-order valence-electron chi connectivity index (χ4n) is 3.97. The molecule has 0 radical (unpaired) electrons. The number of phenolic OH excluding ortho intramolecular Hbond substituents is 1. The predicted molar refractivity (Wildman–Crippen MR) is 132 cm³/mol. The number of alkyl halides is 3. The van der Waals surface area contributed by atoms with Gasteiger partial charge in [0, 0.05) is 37.3 Å². The molecule has 3 atom stereocenters. The molecule has 1 saturated heterocycles. The van der Waals surface area contributed by atoms with Crippen molar-refractivity contribution in [3.8, 4) is 22.7 Å². The average Bonchev–Trinajstić information content (AvgIpc) is 3.37. The summed E-state index contributed by atoms with van der Waals surface area (Å²) in [6.07, 6.45) is 4.91. The van der Waals surface area contributed by atoms with Crippen LogP contribution in [-0.2, 0) is 6.42 Å². The van der Waals surface area contributed by atoms with E-state index in [1.54, 1.807) is 24.5 Å². The van der Waals surface area contributed by atoms with Gasteiger partial charge < -0.3 is 19.9 Å². The molecule has 4 rings (SSSR count). The smallest absolute Gasteiger partial charge is 0.264 e. The van der Waals surface area contributed by atoms with Gasteiger partial charge in [-0.15, -0.1) is 10.2 Å². The van der Waals surface area contributed by atoms with Gasteiger partial charge in [0.1, 0.15) is 5.75 Å². The normalized spacial score (nSPS) is 20.7. The van der Waals surface area contributed by atoms with E-state index in [0.717, 1.165) is 17.8 Å². The highest BCUT2D eigenvalue weighted by Crippen LogP contribution is 2.34. The van der Waals surface area contributed by atoms with Gasteiger partial charge in [0.05, 0.1) is 33.5 Å². The molecule has 176 valence electrons. The van der Waals surface area contributed by atoms with E-state index in [2.05, 4.69) is 43.1 Å². The van der Waals surface area contributed by atoms with Gasteiger partial charge in [0.2, 0.25) is 0 Å². The number of rotatable bonds is 7. The van der Waals surface area contributed by atoms with Crippen molar-refractivity contribution < 1.29 is 13.9 Å². The Bertz CT molecular complexity index is 1110. The van der Waals surface area contributed by atoms with Crippen molar-refractivity contribution in [2.75, 3.05) is 11.9 Å². The molecule has 1 aliphatic heterocycles. The first-order valence-corrected chi connectivity index (χ1v) is 12.1. The highest BCUT2D eigenvalue weighted by Gasteiger charge is 2.46. The third kappa shape index (κ3) is 5.11. The summed E-state index contributed by atoms with van der Waals surface area (Å²) in [5.41, 5.74) is 2.91. The molecular formula is C23H27F2IN6O. The molecule has 7 nitrogen and oxygen atoms in total. The Morgan fingerprint density at radius 2 is 2.09 bits per heavy atom. The highest BCUT2D eigenvalue weighted by atomic mass is 127. The van der Waals surface area contributed by atoms with Gasteiger partial charge in [0.25, 0.3) is 5.92 Å². The zero-order valence-electron chi connectivity index (χ0n) is 18.7. The molecular weight excluding hydrogens is 541 g/mol. The minimum atomic E-state index is -2.67. The van der Waals surface area contributed by atoms with E-state index < -0.39 is 12.0 Å². The predicted octanol–water partition coefficient (Wildman–Crippen LogP) is 4.57. The summed E-state index contributed by atoms with van der Waals surface area (Å²) in [5, 5.41) is 22.2. The first kappa shape index (κ1) is 23.8. The van der Waals surface area contributed by atoms with Crippen LogP contribution in [0, 0.1) is 0 Å². The Balaban J connectivity index is 1.44. The number of aryl methyl sites for hydroxylation is 1. The summed E-state index contributed by atoms with van der Waals surface area (Å²) in [6, 6.07) is 7.94. The lowest BCUT2D eigenvalue weighted by atomic mass is 10.1. The van der Waals surface area contributed by atoms with Crippen LogP contribution in [0.2, 0.25) is 0 Å². The number of nitrogens with one attached hydrogen (secondary N) is 1. The van der Waals surface area contributed by atoms with Crippen LogP contribution >= 0.6 is 22.6 Å². The molecule has 0 saturated carbocycles. The fourth-order valence-corrected chi connectivity index (χ4v) is 4.87. The maximum absolute atomic E-state index is 13.8. The number of aromatic hydroxyl groups is 1. The van der Waals surface area contributed by atoms with Crippen molar-refractivity contribution >= 4 is 28.4 Å². The highest BCUT2D eigenvalue weighted by molar-refractivity contribution is 14.1. The lowest BCUT2D eigenvalue weighted by Crippen LogP contribution is -2.36. The molecule has 1 aromatic carbocycles. The summed E-state index contributed by atoms with van der Waals surface area (Å²) in [7, 11) is 1.87. The van der Waals surface area contributed by atoms with E-state index >= 15 is 0 Å². The number of anilines is 1. The van der Waals surface area contributed by atoms with Crippen molar-refractivity contribution in [2.45, 2.75) is 55.2 Å². The van der Waals surface area contributed by atoms with Gasteiger partial charge in [-0.3, -0.25) is 0 Å². The van der Waals surface area contributed by atoms with Crippen LogP contribution in [0.3, 0.4) is 0 Å². The second-order valence-corrected chi connectivity index (χ2v) is 9.87. The minimum absolute atomic E-state index is 0.0303. The number of hydrogen-bond acceptors (Lipinski definition) is 6. The number of hydrogen-bond donors (Lipinski definition) is 2. The third-order valence-corrected chi connectivity index (χ3v) is 7.45. The van der Waals surface area contributed by atoms with Gasteiger partial charge >= 0.3 is 0 Å². The van der Waals surface area contributed by atoms with Crippen LogP contribution in [0.4, 0.5) is 14.6 Å². The van der Waals surface area contributed by atoms with Gasteiger partial charge in [-0.25, -0.2) is 13.8 Å². The third-order valence-electron chi connectivity index (χ3n) is 6.10. The number of nitrogens with zero attached hydrogens (tertiary/aromatic N) is 5. The summed E-state index contributed by atoms with van der Waals surface area (Å²) in [4.78, 5) is 6.24. The summed E-state index contributed by atoms with van der Waals surface area (Å²) >= 11 is 2.24. The van der Waals surface area contributed by atoms with E-state index in [1.165, 1.54) is 6.92 Å². The van der Waals surface area contributed by atoms with Gasteiger partial charge in [-0.1, -0.05) is 29.5 Å². The Morgan fingerprint density at radius 3 is 2.67 bits per heavy atom. The molecule has 0 bridgehead atoms.